The first-order valence-electron chi connectivity index (χ1n) is 8.59. The van der Waals surface area contributed by atoms with Gasteiger partial charge in [-0.3, -0.25) is 4.79 Å². The first kappa shape index (κ1) is 18.3. The summed E-state index contributed by atoms with van der Waals surface area (Å²) in [6.07, 6.45) is 0.834. The maximum atomic E-state index is 12.3. The number of carbonyl (C=O) groups excluding carboxylic acids is 2. The molecule has 5 nitrogen and oxygen atoms in total. The van der Waals surface area contributed by atoms with Gasteiger partial charge in [0, 0.05) is 31.5 Å². The number of hydrogen-bond donors (Lipinski definition) is 1. The molecule has 0 aromatic heterocycles. The van der Waals surface area contributed by atoms with Crippen LogP contribution in [0.25, 0.3) is 0 Å². The van der Waals surface area contributed by atoms with E-state index in [0.29, 0.717) is 19.5 Å². The zero-order chi connectivity index (χ0) is 17.7. The maximum Gasteiger partial charge on any atom is 0.407 e. The van der Waals surface area contributed by atoms with Gasteiger partial charge >= 0.3 is 6.09 Å². The Balaban J connectivity index is 1.93. The van der Waals surface area contributed by atoms with E-state index < -0.39 is 11.7 Å². The zero-order valence-corrected chi connectivity index (χ0v) is 15.0. The van der Waals surface area contributed by atoms with Crippen LogP contribution < -0.4 is 5.32 Å². The molecular formula is C19H28N2O3. The number of carbonyl (C=O) groups is 2. The Morgan fingerprint density at radius 1 is 1.33 bits per heavy atom. The van der Waals surface area contributed by atoms with E-state index in [2.05, 4.69) is 5.32 Å². The van der Waals surface area contributed by atoms with Crippen molar-refractivity contribution in [3.63, 3.8) is 0 Å². The van der Waals surface area contributed by atoms with Crippen LogP contribution in [-0.2, 0) is 16.1 Å². The number of rotatable bonds is 5. The number of likely N-dealkylation sites (tertiary alicyclic amines) is 1. The minimum absolute atomic E-state index is 0.0513. The molecule has 0 spiro atoms. The monoisotopic (exact) mass is 332 g/mol. The van der Waals surface area contributed by atoms with Crippen LogP contribution in [0, 0.1) is 5.92 Å². The predicted molar refractivity (Wildman–Crippen MR) is 93.4 cm³/mol. The third-order valence-electron chi connectivity index (χ3n) is 4.17. The zero-order valence-electron chi connectivity index (χ0n) is 15.0. The van der Waals surface area contributed by atoms with Crippen LogP contribution >= 0.6 is 0 Å². The van der Waals surface area contributed by atoms with Gasteiger partial charge < -0.3 is 15.0 Å². The second-order valence-corrected chi connectivity index (χ2v) is 7.39. The van der Waals surface area contributed by atoms with Crippen LogP contribution in [0.4, 0.5) is 4.79 Å². The second kappa shape index (κ2) is 7.69. The number of amides is 2. The molecule has 2 atom stereocenters. The summed E-state index contributed by atoms with van der Waals surface area (Å²) in [4.78, 5) is 26.2. The van der Waals surface area contributed by atoms with Gasteiger partial charge in [0.25, 0.3) is 0 Å². The Labute approximate surface area is 144 Å². The molecule has 0 bridgehead atoms. The van der Waals surface area contributed by atoms with Crippen LogP contribution in [0.3, 0.4) is 0 Å². The Hall–Kier alpha value is -2.04. The highest BCUT2D eigenvalue weighted by Gasteiger charge is 2.35. The smallest absolute Gasteiger partial charge is 0.407 e. The van der Waals surface area contributed by atoms with Gasteiger partial charge in [-0.2, -0.15) is 0 Å². The molecule has 0 radical (unpaired) electrons. The Morgan fingerprint density at radius 3 is 2.58 bits per heavy atom. The van der Waals surface area contributed by atoms with Gasteiger partial charge in [0.1, 0.15) is 5.60 Å². The molecule has 1 aromatic rings. The van der Waals surface area contributed by atoms with Crippen LogP contribution in [0.15, 0.2) is 30.3 Å². The Morgan fingerprint density at radius 2 is 2.00 bits per heavy atom. The number of ether oxygens (including phenoxy) is 1. The molecule has 2 amide bonds. The second-order valence-electron chi connectivity index (χ2n) is 7.39. The lowest BCUT2D eigenvalue weighted by molar-refractivity contribution is -0.128. The molecule has 1 fully saturated rings. The lowest BCUT2D eigenvalue weighted by atomic mass is 9.97. The van der Waals surface area contributed by atoms with Crippen molar-refractivity contribution in [2.75, 3.05) is 6.54 Å². The molecule has 1 N–H and O–H groups in total. The van der Waals surface area contributed by atoms with E-state index in [4.69, 9.17) is 4.74 Å². The molecule has 2 rings (SSSR count). The summed E-state index contributed by atoms with van der Waals surface area (Å²) in [5, 5.41) is 2.93. The highest BCUT2D eigenvalue weighted by Crippen LogP contribution is 2.24. The molecule has 1 aromatic carbocycles. The molecule has 132 valence electrons. The fourth-order valence-corrected chi connectivity index (χ4v) is 3.04. The van der Waals surface area contributed by atoms with Gasteiger partial charge in [0.05, 0.1) is 0 Å². The average molecular weight is 332 g/mol. The molecule has 1 aliphatic rings. The summed E-state index contributed by atoms with van der Waals surface area (Å²) < 4.78 is 5.33. The van der Waals surface area contributed by atoms with Crippen molar-refractivity contribution in [2.24, 2.45) is 5.92 Å². The van der Waals surface area contributed by atoms with E-state index in [0.717, 1.165) is 12.0 Å². The van der Waals surface area contributed by atoms with Crippen LogP contribution in [0.2, 0.25) is 0 Å². The van der Waals surface area contributed by atoms with Gasteiger partial charge in [-0.15, -0.1) is 0 Å². The van der Waals surface area contributed by atoms with Crippen molar-refractivity contribution >= 4 is 12.0 Å². The highest BCUT2D eigenvalue weighted by atomic mass is 16.6. The van der Waals surface area contributed by atoms with Crippen molar-refractivity contribution in [3.8, 4) is 0 Å². The van der Waals surface area contributed by atoms with Crippen LogP contribution in [0.1, 0.15) is 46.1 Å². The Kier molecular flexibility index (Phi) is 5.86. The molecule has 5 heteroatoms. The first-order chi connectivity index (χ1) is 11.3. The van der Waals surface area contributed by atoms with Gasteiger partial charge in [-0.05, 0) is 32.8 Å². The SMILES string of the molecule is CC[C@@H](NC(=O)OC(C)(C)C)C1CC(=O)N(Cc2ccccc2)C1. The van der Waals surface area contributed by atoms with E-state index in [1.807, 2.05) is 62.9 Å². The summed E-state index contributed by atoms with van der Waals surface area (Å²) in [6, 6.07) is 9.92. The largest absolute Gasteiger partial charge is 0.444 e. The van der Waals surface area contributed by atoms with Gasteiger partial charge in [-0.1, -0.05) is 37.3 Å². The van der Waals surface area contributed by atoms with Crippen LogP contribution in [0.5, 0.6) is 0 Å². The Bertz CT molecular complexity index is 566. The van der Waals surface area contributed by atoms with E-state index in [9.17, 15) is 9.59 Å². The standard InChI is InChI=1S/C19H28N2O3/c1-5-16(20-18(23)24-19(2,3)4)15-11-17(22)21(13-15)12-14-9-7-6-8-10-14/h6-10,15-16H,5,11-13H2,1-4H3,(H,20,23)/t15?,16-/m1/s1. The van der Waals surface area contributed by atoms with Crippen molar-refractivity contribution in [1.29, 1.82) is 0 Å². The number of benzene rings is 1. The quantitative estimate of drug-likeness (QED) is 0.899. The van der Waals surface area contributed by atoms with Crippen LogP contribution in [-0.4, -0.2) is 35.1 Å². The lowest BCUT2D eigenvalue weighted by Crippen LogP contribution is -2.43. The van der Waals surface area contributed by atoms with E-state index in [-0.39, 0.29) is 17.9 Å². The van der Waals surface area contributed by atoms with Crippen molar-refractivity contribution < 1.29 is 14.3 Å². The molecule has 24 heavy (non-hydrogen) atoms. The summed E-state index contributed by atoms with van der Waals surface area (Å²) >= 11 is 0. The predicted octanol–water partition coefficient (Wildman–Crippen LogP) is 3.34. The third kappa shape index (κ3) is 5.25. The number of nitrogens with zero attached hydrogens (tertiary/aromatic N) is 1. The topological polar surface area (TPSA) is 58.6 Å². The summed E-state index contributed by atoms with van der Waals surface area (Å²) in [7, 11) is 0. The minimum atomic E-state index is -0.521. The fraction of sp³-hybridized carbons (Fsp3) is 0.579. The van der Waals surface area contributed by atoms with E-state index >= 15 is 0 Å². The maximum absolute atomic E-state index is 12.3. The molecule has 1 saturated heterocycles. The van der Waals surface area contributed by atoms with Gasteiger partial charge in [0.2, 0.25) is 5.91 Å². The molecule has 0 saturated carbocycles. The molecule has 1 aliphatic heterocycles. The van der Waals surface area contributed by atoms with Crippen molar-refractivity contribution in [3.05, 3.63) is 35.9 Å². The minimum Gasteiger partial charge on any atom is -0.444 e. The molecule has 1 heterocycles. The molecule has 1 unspecified atom stereocenters. The number of hydrogen-bond acceptors (Lipinski definition) is 3. The van der Waals surface area contributed by atoms with Crippen molar-refractivity contribution in [1.82, 2.24) is 10.2 Å². The summed E-state index contributed by atoms with van der Waals surface area (Å²) in [5.74, 6) is 0.270. The normalized spacial score (nSPS) is 19.2. The first-order valence-corrected chi connectivity index (χ1v) is 8.59. The van der Waals surface area contributed by atoms with Crippen molar-refractivity contribution in [2.45, 2.75) is 58.7 Å². The highest BCUT2D eigenvalue weighted by molar-refractivity contribution is 5.79. The van der Waals surface area contributed by atoms with Gasteiger partial charge in [0.15, 0.2) is 0 Å². The number of nitrogens with one attached hydrogen (secondary N) is 1. The summed E-state index contributed by atoms with van der Waals surface area (Å²) in [5.41, 5.74) is 0.604. The van der Waals surface area contributed by atoms with Gasteiger partial charge in [-0.25, -0.2) is 4.79 Å². The third-order valence-corrected chi connectivity index (χ3v) is 4.17. The molecular weight excluding hydrogens is 304 g/mol. The van der Waals surface area contributed by atoms with E-state index in [1.54, 1.807) is 0 Å². The fourth-order valence-electron chi connectivity index (χ4n) is 3.04. The average Bonchev–Trinajstić information content (AvgIpc) is 2.85. The lowest BCUT2D eigenvalue weighted by Gasteiger charge is -2.26. The summed E-state index contributed by atoms with van der Waals surface area (Å²) in [6.45, 7) is 8.84. The number of alkyl carbamates (subject to hydrolysis) is 1. The van der Waals surface area contributed by atoms with E-state index in [1.165, 1.54) is 0 Å². The molecule has 0 aliphatic carbocycles.